The Morgan fingerprint density at radius 3 is 2.74 bits per heavy atom. The van der Waals surface area contributed by atoms with Crippen molar-refractivity contribution >= 4 is 17.6 Å². The van der Waals surface area contributed by atoms with E-state index < -0.39 is 0 Å². The largest absolute Gasteiger partial charge is 0.356 e. The van der Waals surface area contributed by atoms with E-state index in [0.29, 0.717) is 24.5 Å². The molecule has 27 heavy (non-hydrogen) atoms. The number of para-hydroxylation sites is 1. The standard InChI is InChI=1S/C21H25FN4O/c1-23-21(24-13-12-16-7-2-4-10-18(16)22)25-15-20(27)26-14-6-9-17-8-3-5-11-19(17)26/h2-5,7-8,10-11H,6,9,12-15H2,1H3,(H2,23,24,25). The monoisotopic (exact) mass is 368 g/mol. The number of benzene rings is 2. The van der Waals surface area contributed by atoms with E-state index in [1.165, 1.54) is 11.6 Å². The van der Waals surface area contributed by atoms with Gasteiger partial charge in [-0.2, -0.15) is 0 Å². The molecule has 6 heteroatoms. The van der Waals surface area contributed by atoms with Gasteiger partial charge in [0.05, 0.1) is 6.54 Å². The summed E-state index contributed by atoms with van der Waals surface area (Å²) in [7, 11) is 1.65. The fourth-order valence-corrected chi connectivity index (χ4v) is 3.28. The van der Waals surface area contributed by atoms with E-state index in [9.17, 15) is 9.18 Å². The summed E-state index contributed by atoms with van der Waals surface area (Å²) in [5.74, 6) is 0.338. The Morgan fingerprint density at radius 2 is 1.93 bits per heavy atom. The lowest BCUT2D eigenvalue weighted by molar-refractivity contribution is -0.117. The first-order valence-corrected chi connectivity index (χ1v) is 9.25. The van der Waals surface area contributed by atoms with Gasteiger partial charge in [0.2, 0.25) is 5.91 Å². The molecule has 0 spiro atoms. The summed E-state index contributed by atoms with van der Waals surface area (Å²) in [5.41, 5.74) is 2.86. The van der Waals surface area contributed by atoms with Crippen LogP contribution in [-0.2, 0) is 17.6 Å². The predicted molar refractivity (Wildman–Crippen MR) is 107 cm³/mol. The van der Waals surface area contributed by atoms with Crippen LogP contribution in [0.25, 0.3) is 0 Å². The highest BCUT2D eigenvalue weighted by molar-refractivity contribution is 5.98. The van der Waals surface area contributed by atoms with Crippen LogP contribution in [0.2, 0.25) is 0 Å². The van der Waals surface area contributed by atoms with Crippen molar-refractivity contribution in [1.29, 1.82) is 0 Å². The van der Waals surface area contributed by atoms with Gasteiger partial charge < -0.3 is 15.5 Å². The number of fused-ring (bicyclic) bond motifs is 1. The van der Waals surface area contributed by atoms with Crippen LogP contribution in [0.1, 0.15) is 17.5 Å². The van der Waals surface area contributed by atoms with Crippen molar-refractivity contribution in [2.75, 3.05) is 31.6 Å². The molecule has 2 aromatic carbocycles. The highest BCUT2D eigenvalue weighted by Crippen LogP contribution is 2.26. The molecule has 5 nitrogen and oxygen atoms in total. The lowest BCUT2D eigenvalue weighted by atomic mass is 10.0. The first-order valence-electron chi connectivity index (χ1n) is 9.25. The van der Waals surface area contributed by atoms with Crippen LogP contribution in [-0.4, -0.2) is 38.5 Å². The minimum absolute atomic E-state index is 0.0132. The number of carbonyl (C=O) groups excluding carboxylic acids is 1. The molecular formula is C21H25FN4O. The molecule has 3 rings (SSSR count). The Hall–Kier alpha value is -2.89. The number of halogens is 1. The van der Waals surface area contributed by atoms with Gasteiger partial charge in [-0.05, 0) is 42.5 Å². The fourth-order valence-electron chi connectivity index (χ4n) is 3.28. The second-order valence-electron chi connectivity index (χ2n) is 6.47. The van der Waals surface area contributed by atoms with Crippen LogP contribution >= 0.6 is 0 Å². The first-order chi connectivity index (χ1) is 13.2. The van der Waals surface area contributed by atoms with E-state index in [-0.39, 0.29) is 18.3 Å². The molecule has 1 amide bonds. The number of rotatable bonds is 5. The van der Waals surface area contributed by atoms with E-state index in [2.05, 4.69) is 21.7 Å². The number of aliphatic imine (C=N–C) groups is 1. The maximum atomic E-state index is 13.7. The number of guanidine groups is 1. The number of nitrogens with zero attached hydrogens (tertiary/aromatic N) is 2. The maximum Gasteiger partial charge on any atom is 0.246 e. The second-order valence-corrected chi connectivity index (χ2v) is 6.47. The van der Waals surface area contributed by atoms with Crippen LogP contribution < -0.4 is 15.5 Å². The van der Waals surface area contributed by atoms with Crippen molar-refractivity contribution in [2.24, 2.45) is 4.99 Å². The molecule has 1 heterocycles. The number of amides is 1. The molecule has 0 fully saturated rings. The quantitative estimate of drug-likeness (QED) is 0.630. The molecule has 2 aromatic rings. The smallest absolute Gasteiger partial charge is 0.246 e. The summed E-state index contributed by atoms with van der Waals surface area (Å²) in [6.45, 7) is 1.42. The molecule has 0 bridgehead atoms. The van der Waals surface area contributed by atoms with Gasteiger partial charge in [-0.25, -0.2) is 4.39 Å². The first kappa shape index (κ1) is 18.9. The van der Waals surface area contributed by atoms with Crippen LogP contribution in [0.4, 0.5) is 10.1 Å². The molecular weight excluding hydrogens is 343 g/mol. The van der Waals surface area contributed by atoms with Gasteiger partial charge in [-0.15, -0.1) is 0 Å². The van der Waals surface area contributed by atoms with Crippen molar-refractivity contribution in [3.63, 3.8) is 0 Å². The zero-order valence-electron chi connectivity index (χ0n) is 15.5. The fraction of sp³-hybridized carbons (Fsp3) is 0.333. The van der Waals surface area contributed by atoms with Crippen molar-refractivity contribution in [3.8, 4) is 0 Å². The van der Waals surface area contributed by atoms with Crippen molar-refractivity contribution in [3.05, 3.63) is 65.5 Å². The Kier molecular flexibility index (Phi) is 6.41. The molecule has 0 saturated heterocycles. The summed E-state index contributed by atoms with van der Waals surface area (Å²) in [6, 6.07) is 14.8. The minimum Gasteiger partial charge on any atom is -0.356 e. The Balaban J connectivity index is 1.50. The molecule has 0 saturated carbocycles. The zero-order chi connectivity index (χ0) is 19.1. The Labute approximate surface area is 159 Å². The minimum atomic E-state index is -0.207. The lowest BCUT2D eigenvalue weighted by Crippen LogP contribution is -2.46. The topological polar surface area (TPSA) is 56.7 Å². The van der Waals surface area contributed by atoms with Crippen molar-refractivity contribution < 1.29 is 9.18 Å². The average molecular weight is 368 g/mol. The molecule has 2 N–H and O–H groups in total. The SMILES string of the molecule is CN=C(NCCc1ccccc1F)NCC(=O)N1CCCc2ccccc21. The molecule has 0 radical (unpaired) electrons. The van der Waals surface area contributed by atoms with E-state index >= 15 is 0 Å². The third-order valence-corrected chi connectivity index (χ3v) is 4.69. The molecule has 0 aromatic heterocycles. The summed E-state index contributed by atoms with van der Waals surface area (Å²) in [6.07, 6.45) is 2.52. The van der Waals surface area contributed by atoms with E-state index in [4.69, 9.17) is 0 Å². The number of hydrogen-bond acceptors (Lipinski definition) is 2. The highest BCUT2D eigenvalue weighted by atomic mass is 19.1. The summed E-state index contributed by atoms with van der Waals surface area (Å²) < 4.78 is 13.7. The molecule has 0 atom stereocenters. The van der Waals surface area contributed by atoms with E-state index in [0.717, 1.165) is 25.1 Å². The predicted octanol–water partition coefficient (Wildman–Crippen LogP) is 2.51. The maximum absolute atomic E-state index is 13.7. The highest BCUT2D eigenvalue weighted by Gasteiger charge is 2.21. The van der Waals surface area contributed by atoms with Gasteiger partial charge in [0.1, 0.15) is 5.82 Å². The van der Waals surface area contributed by atoms with Gasteiger partial charge in [0.15, 0.2) is 5.96 Å². The van der Waals surface area contributed by atoms with Crippen LogP contribution in [0.5, 0.6) is 0 Å². The molecule has 0 aliphatic carbocycles. The Bertz CT molecular complexity index is 821. The number of nitrogens with one attached hydrogen (secondary N) is 2. The number of hydrogen-bond donors (Lipinski definition) is 2. The number of anilines is 1. The van der Waals surface area contributed by atoms with E-state index in [1.807, 2.05) is 29.2 Å². The summed E-state index contributed by atoms with van der Waals surface area (Å²) in [5, 5.41) is 6.18. The number of aryl methyl sites for hydroxylation is 1. The van der Waals surface area contributed by atoms with Crippen LogP contribution in [0.15, 0.2) is 53.5 Å². The molecule has 1 aliphatic rings. The van der Waals surface area contributed by atoms with Gasteiger partial charge in [-0.1, -0.05) is 36.4 Å². The van der Waals surface area contributed by atoms with Crippen LogP contribution in [0, 0.1) is 5.82 Å². The lowest BCUT2D eigenvalue weighted by Gasteiger charge is -2.29. The Morgan fingerprint density at radius 1 is 1.15 bits per heavy atom. The summed E-state index contributed by atoms with van der Waals surface area (Å²) in [4.78, 5) is 18.6. The normalized spacial score (nSPS) is 13.9. The van der Waals surface area contributed by atoms with Crippen molar-refractivity contribution in [2.45, 2.75) is 19.3 Å². The molecule has 1 aliphatic heterocycles. The third kappa shape index (κ3) is 4.84. The van der Waals surface area contributed by atoms with Crippen LogP contribution in [0.3, 0.4) is 0 Å². The zero-order valence-corrected chi connectivity index (χ0v) is 15.5. The average Bonchev–Trinajstić information content (AvgIpc) is 2.71. The van der Waals surface area contributed by atoms with Gasteiger partial charge in [0, 0.05) is 25.8 Å². The van der Waals surface area contributed by atoms with Crippen molar-refractivity contribution in [1.82, 2.24) is 10.6 Å². The molecule has 142 valence electrons. The summed E-state index contributed by atoms with van der Waals surface area (Å²) >= 11 is 0. The third-order valence-electron chi connectivity index (χ3n) is 4.69. The second kappa shape index (κ2) is 9.16. The van der Waals surface area contributed by atoms with Gasteiger partial charge >= 0.3 is 0 Å². The van der Waals surface area contributed by atoms with Gasteiger partial charge in [-0.3, -0.25) is 9.79 Å². The van der Waals surface area contributed by atoms with Gasteiger partial charge in [0.25, 0.3) is 0 Å². The molecule has 0 unspecified atom stereocenters. The van der Waals surface area contributed by atoms with E-state index in [1.54, 1.807) is 19.2 Å². The number of carbonyl (C=O) groups is 1.